The third kappa shape index (κ3) is 3.35. The lowest BCUT2D eigenvalue weighted by atomic mass is 9.98. The van der Waals surface area contributed by atoms with Gasteiger partial charge in [-0.3, -0.25) is 10.4 Å². The van der Waals surface area contributed by atoms with E-state index in [9.17, 15) is 0 Å². The van der Waals surface area contributed by atoms with Crippen LogP contribution in [0.15, 0.2) is 35.1 Å². The minimum absolute atomic E-state index is 0.182. The summed E-state index contributed by atoms with van der Waals surface area (Å²) in [6.07, 6.45) is 5.58. The van der Waals surface area contributed by atoms with Gasteiger partial charge >= 0.3 is 0 Å². The van der Waals surface area contributed by atoms with Crippen molar-refractivity contribution in [1.82, 2.24) is 15.1 Å². The second-order valence-corrected chi connectivity index (χ2v) is 7.56. The Bertz CT molecular complexity index is 1020. The normalized spacial score (nSPS) is 13.7. The van der Waals surface area contributed by atoms with Gasteiger partial charge in [-0.1, -0.05) is 11.2 Å². The molecule has 3 aromatic heterocycles. The number of nitrogen functional groups attached to an aromatic ring is 1. The van der Waals surface area contributed by atoms with Crippen molar-refractivity contribution < 1.29 is 4.52 Å². The molecular weight excluding hydrogens is 352 g/mol. The predicted molar refractivity (Wildman–Crippen MR) is 110 cm³/mol. The van der Waals surface area contributed by atoms with E-state index in [4.69, 9.17) is 15.7 Å². The maximum Gasteiger partial charge on any atom is 0.149 e. The topological polar surface area (TPSA) is 114 Å². The maximum absolute atomic E-state index is 8.89. The second-order valence-electron chi connectivity index (χ2n) is 7.56. The molecule has 0 bridgehead atoms. The van der Waals surface area contributed by atoms with E-state index in [-0.39, 0.29) is 17.6 Å². The number of nitrogens with two attached hydrogens (primary N) is 1. The number of pyridine rings is 2. The summed E-state index contributed by atoms with van der Waals surface area (Å²) in [4.78, 5) is 8.75. The van der Waals surface area contributed by atoms with Gasteiger partial charge in [-0.15, -0.1) is 0 Å². The van der Waals surface area contributed by atoms with Crippen LogP contribution in [0.1, 0.15) is 55.2 Å². The van der Waals surface area contributed by atoms with E-state index in [2.05, 4.69) is 20.4 Å². The Kier molecular flexibility index (Phi) is 4.58. The van der Waals surface area contributed by atoms with E-state index in [0.717, 1.165) is 41.1 Å². The van der Waals surface area contributed by atoms with E-state index < -0.39 is 0 Å². The van der Waals surface area contributed by atoms with Gasteiger partial charge in [0.25, 0.3) is 0 Å². The number of nitrogens with one attached hydrogen (secondary N) is 2. The average Bonchev–Trinajstić information content (AvgIpc) is 3.40. The molecule has 0 radical (unpaired) electrons. The Morgan fingerprint density at radius 1 is 1.25 bits per heavy atom. The van der Waals surface area contributed by atoms with Crippen molar-refractivity contribution in [3.05, 3.63) is 53.2 Å². The predicted octanol–water partition coefficient (Wildman–Crippen LogP) is 4.14. The SMILES string of the molecule is Cc1ccc(-c2c(C(=N)c3c(NC(C)C)ccnc3N)noc2C2CC2)nc1. The molecule has 0 saturated heterocycles. The highest BCUT2D eigenvalue weighted by atomic mass is 16.5. The summed E-state index contributed by atoms with van der Waals surface area (Å²) in [6.45, 7) is 6.06. The smallest absolute Gasteiger partial charge is 0.149 e. The van der Waals surface area contributed by atoms with Crippen molar-refractivity contribution >= 4 is 17.2 Å². The number of aryl methyl sites for hydroxylation is 1. The first kappa shape index (κ1) is 18.2. The molecule has 3 heterocycles. The van der Waals surface area contributed by atoms with Crippen molar-refractivity contribution in [1.29, 1.82) is 5.41 Å². The minimum atomic E-state index is 0.182. The fraction of sp³-hybridized carbons (Fsp3) is 0.333. The zero-order chi connectivity index (χ0) is 19.8. The molecule has 0 unspecified atom stereocenters. The third-order valence-corrected chi connectivity index (χ3v) is 4.75. The summed E-state index contributed by atoms with van der Waals surface area (Å²) in [5.74, 6) is 1.43. The zero-order valence-electron chi connectivity index (χ0n) is 16.3. The molecule has 0 aliphatic heterocycles. The van der Waals surface area contributed by atoms with Gasteiger partial charge in [0.15, 0.2) is 0 Å². The van der Waals surface area contributed by atoms with E-state index >= 15 is 0 Å². The third-order valence-electron chi connectivity index (χ3n) is 4.75. The van der Waals surface area contributed by atoms with Crippen LogP contribution < -0.4 is 11.1 Å². The highest BCUT2D eigenvalue weighted by Gasteiger charge is 2.35. The molecule has 3 aromatic rings. The van der Waals surface area contributed by atoms with Crippen molar-refractivity contribution in [2.45, 2.75) is 45.6 Å². The van der Waals surface area contributed by atoms with E-state index in [1.54, 1.807) is 6.20 Å². The van der Waals surface area contributed by atoms with E-state index in [0.29, 0.717) is 17.2 Å². The Hall–Kier alpha value is -3.22. The van der Waals surface area contributed by atoms with Crippen molar-refractivity contribution in [3.63, 3.8) is 0 Å². The Morgan fingerprint density at radius 2 is 2.04 bits per heavy atom. The molecule has 0 amide bonds. The summed E-state index contributed by atoms with van der Waals surface area (Å²) < 4.78 is 5.70. The molecule has 0 atom stereocenters. The molecular formula is C21H24N6O. The first-order valence-corrected chi connectivity index (χ1v) is 9.48. The number of hydrogen-bond acceptors (Lipinski definition) is 7. The van der Waals surface area contributed by atoms with Gasteiger partial charge in [0.05, 0.1) is 22.5 Å². The van der Waals surface area contributed by atoms with Crippen LogP contribution >= 0.6 is 0 Å². The lowest BCUT2D eigenvalue weighted by Crippen LogP contribution is -2.17. The van der Waals surface area contributed by atoms with Crippen molar-refractivity contribution in [2.75, 3.05) is 11.1 Å². The van der Waals surface area contributed by atoms with Crippen LogP contribution in [-0.2, 0) is 0 Å². The molecule has 4 N–H and O–H groups in total. The van der Waals surface area contributed by atoms with Gasteiger partial charge in [0.1, 0.15) is 17.3 Å². The molecule has 7 nitrogen and oxygen atoms in total. The summed E-state index contributed by atoms with van der Waals surface area (Å²) >= 11 is 0. The second kappa shape index (κ2) is 7.07. The van der Waals surface area contributed by atoms with E-state index in [1.165, 1.54) is 0 Å². The fourth-order valence-corrected chi connectivity index (χ4v) is 3.25. The van der Waals surface area contributed by atoms with Gasteiger partial charge < -0.3 is 15.6 Å². The molecule has 1 saturated carbocycles. The Morgan fingerprint density at radius 3 is 2.68 bits per heavy atom. The van der Waals surface area contributed by atoms with Crippen LogP contribution in [0.4, 0.5) is 11.5 Å². The van der Waals surface area contributed by atoms with Crippen LogP contribution in [0.3, 0.4) is 0 Å². The number of nitrogens with zero attached hydrogens (tertiary/aromatic N) is 3. The molecule has 1 fully saturated rings. The highest BCUT2D eigenvalue weighted by Crippen LogP contribution is 2.45. The van der Waals surface area contributed by atoms with Gasteiger partial charge in [-0.25, -0.2) is 4.98 Å². The highest BCUT2D eigenvalue weighted by molar-refractivity contribution is 6.18. The molecule has 144 valence electrons. The molecule has 28 heavy (non-hydrogen) atoms. The first-order valence-electron chi connectivity index (χ1n) is 9.48. The van der Waals surface area contributed by atoms with Crippen LogP contribution in [0.2, 0.25) is 0 Å². The largest absolute Gasteiger partial charge is 0.383 e. The average molecular weight is 376 g/mol. The minimum Gasteiger partial charge on any atom is -0.383 e. The lowest BCUT2D eigenvalue weighted by Gasteiger charge is -2.16. The van der Waals surface area contributed by atoms with Crippen LogP contribution in [0.25, 0.3) is 11.3 Å². The van der Waals surface area contributed by atoms with Crippen LogP contribution in [0.5, 0.6) is 0 Å². The van der Waals surface area contributed by atoms with Crippen molar-refractivity contribution in [2.24, 2.45) is 0 Å². The number of aromatic nitrogens is 3. The van der Waals surface area contributed by atoms with E-state index in [1.807, 2.05) is 45.2 Å². The lowest BCUT2D eigenvalue weighted by molar-refractivity contribution is 0.384. The van der Waals surface area contributed by atoms with Gasteiger partial charge in [0.2, 0.25) is 0 Å². The Labute approximate surface area is 163 Å². The van der Waals surface area contributed by atoms with Crippen molar-refractivity contribution in [3.8, 4) is 11.3 Å². The molecule has 4 rings (SSSR count). The first-order chi connectivity index (χ1) is 13.5. The zero-order valence-corrected chi connectivity index (χ0v) is 16.3. The van der Waals surface area contributed by atoms with Gasteiger partial charge in [-0.2, -0.15) is 0 Å². The van der Waals surface area contributed by atoms with Gasteiger partial charge in [-0.05, 0) is 51.3 Å². The summed E-state index contributed by atoms with van der Waals surface area (Å²) in [5.41, 5.74) is 10.7. The number of rotatable bonds is 6. The molecule has 7 heteroatoms. The van der Waals surface area contributed by atoms with Crippen LogP contribution in [-0.4, -0.2) is 26.9 Å². The molecule has 0 aromatic carbocycles. The van der Waals surface area contributed by atoms with Crippen LogP contribution in [0, 0.1) is 12.3 Å². The fourth-order valence-electron chi connectivity index (χ4n) is 3.25. The maximum atomic E-state index is 8.89. The number of hydrogen-bond donors (Lipinski definition) is 3. The molecule has 1 aliphatic rings. The summed E-state index contributed by atoms with van der Waals surface area (Å²) in [7, 11) is 0. The molecule has 1 aliphatic carbocycles. The molecule has 0 spiro atoms. The van der Waals surface area contributed by atoms with Gasteiger partial charge in [0, 0.05) is 30.0 Å². The summed E-state index contributed by atoms with van der Waals surface area (Å²) in [5, 5.41) is 16.5. The number of anilines is 2. The summed E-state index contributed by atoms with van der Waals surface area (Å²) in [6, 6.07) is 5.96. The quantitative estimate of drug-likeness (QED) is 0.557. The standard InChI is InChI=1S/C21H24N6O/c1-11(2)26-15-8-9-24-21(23)16(15)18(22)19-17(14-7-4-12(3)10-25-14)20(28-27-19)13-5-6-13/h4,7-11,13,22H,5-6H2,1-3H3,(H3,23,24,26). The Balaban J connectivity index is 1.84. The monoisotopic (exact) mass is 376 g/mol.